The molecule has 0 N–H and O–H groups in total. The molecule has 1 aliphatic carbocycles. The second-order valence-corrected chi connectivity index (χ2v) is 6.18. The van der Waals surface area contributed by atoms with Crippen LogP contribution in [0, 0.1) is 11.3 Å². The van der Waals surface area contributed by atoms with Gasteiger partial charge in [0, 0.05) is 13.0 Å². The Balaban J connectivity index is 2.43. The first-order valence-corrected chi connectivity index (χ1v) is 6.56. The Hall–Kier alpha value is -0.370. The van der Waals surface area contributed by atoms with Gasteiger partial charge in [-0.05, 0) is 24.7 Å². The molecular weight excluding hydrogens is 200 g/mol. The number of hydrogen-bond donors (Lipinski definition) is 0. The summed E-state index contributed by atoms with van der Waals surface area (Å²) in [6.07, 6.45) is 5.33. The Morgan fingerprint density at radius 3 is 2.38 bits per heavy atom. The quantitative estimate of drug-likeness (QED) is 0.692. The van der Waals surface area contributed by atoms with Crippen molar-refractivity contribution < 1.29 is 9.53 Å². The van der Waals surface area contributed by atoms with Gasteiger partial charge in [0.15, 0.2) is 5.78 Å². The van der Waals surface area contributed by atoms with E-state index in [9.17, 15) is 4.79 Å². The van der Waals surface area contributed by atoms with Gasteiger partial charge in [0.25, 0.3) is 0 Å². The van der Waals surface area contributed by atoms with Gasteiger partial charge in [-0.3, -0.25) is 4.79 Å². The third-order valence-corrected chi connectivity index (χ3v) is 3.20. The lowest BCUT2D eigenvalue weighted by Crippen LogP contribution is -2.31. The van der Waals surface area contributed by atoms with Gasteiger partial charge in [0.1, 0.15) is 6.10 Å². The second-order valence-electron chi connectivity index (χ2n) is 6.18. The van der Waals surface area contributed by atoms with Crippen LogP contribution in [0.4, 0.5) is 0 Å². The lowest BCUT2D eigenvalue weighted by Gasteiger charge is -2.30. The van der Waals surface area contributed by atoms with E-state index in [1.54, 1.807) is 0 Å². The molecule has 0 aromatic heterocycles. The molecule has 0 aromatic rings. The van der Waals surface area contributed by atoms with Crippen LogP contribution in [0.15, 0.2) is 0 Å². The highest BCUT2D eigenvalue weighted by Crippen LogP contribution is 2.32. The van der Waals surface area contributed by atoms with Crippen molar-refractivity contribution in [1.29, 1.82) is 0 Å². The van der Waals surface area contributed by atoms with Gasteiger partial charge >= 0.3 is 0 Å². The van der Waals surface area contributed by atoms with Gasteiger partial charge in [-0.15, -0.1) is 0 Å². The minimum Gasteiger partial charge on any atom is -0.371 e. The van der Waals surface area contributed by atoms with Crippen LogP contribution in [0.1, 0.15) is 59.8 Å². The van der Waals surface area contributed by atoms with Crippen LogP contribution in [-0.4, -0.2) is 18.5 Å². The highest BCUT2D eigenvalue weighted by Gasteiger charge is 2.29. The molecule has 2 heteroatoms. The summed E-state index contributed by atoms with van der Waals surface area (Å²) in [6, 6.07) is 0. The summed E-state index contributed by atoms with van der Waals surface area (Å²) in [5.74, 6) is 1.03. The van der Waals surface area contributed by atoms with Crippen LogP contribution >= 0.6 is 0 Å². The molecule has 94 valence electrons. The van der Waals surface area contributed by atoms with Crippen molar-refractivity contribution in [3.8, 4) is 0 Å². The maximum atomic E-state index is 12.1. The van der Waals surface area contributed by atoms with Crippen molar-refractivity contribution in [2.75, 3.05) is 6.61 Å². The molecule has 0 bridgehead atoms. The molecule has 0 aromatic carbocycles. The molecule has 1 fully saturated rings. The number of carbonyl (C=O) groups is 1. The minimum absolute atomic E-state index is 0.0754. The molecule has 0 radical (unpaired) electrons. The van der Waals surface area contributed by atoms with E-state index < -0.39 is 0 Å². The summed E-state index contributed by atoms with van der Waals surface area (Å²) >= 11 is 0. The van der Waals surface area contributed by atoms with Crippen molar-refractivity contribution >= 4 is 5.78 Å². The van der Waals surface area contributed by atoms with E-state index in [0.717, 1.165) is 12.3 Å². The molecule has 1 unspecified atom stereocenters. The first kappa shape index (κ1) is 13.7. The molecule has 2 nitrogen and oxygen atoms in total. The van der Waals surface area contributed by atoms with E-state index in [0.29, 0.717) is 18.8 Å². The van der Waals surface area contributed by atoms with E-state index in [1.807, 2.05) is 6.92 Å². The van der Waals surface area contributed by atoms with Crippen LogP contribution in [0.5, 0.6) is 0 Å². The average Bonchev–Trinajstić information content (AvgIpc) is 2.05. The molecule has 0 heterocycles. The molecule has 16 heavy (non-hydrogen) atoms. The molecular formula is C14H26O2. The minimum atomic E-state index is -0.144. The largest absolute Gasteiger partial charge is 0.371 e. The average molecular weight is 226 g/mol. The molecule has 1 aliphatic rings. The smallest absolute Gasteiger partial charge is 0.162 e. The van der Waals surface area contributed by atoms with E-state index >= 15 is 0 Å². The number of rotatable bonds is 6. The highest BCUT2D eigenvalue weighted by molar-refractivity contribution is 5.83. The van der Waals surface area contributed by atoms with Gasteiger partial charge < -0.3 is 4.74 Å². The standard InChI is InChI=1S/C14H26O2/c1-5-16-13(9-11-7-6-8-11)12(15)10-14(2,3)4/h11,13H,5-10H2,1-4H3. The predicted octanol–water partition coefficient (Wildman–Crippen LogP) is 3.59. The van der Waals surface area contributed by atoms with Crippen molar-refractivity contribution in [3.05, 3.63) is 0 Å². The van der Waals surface area contributed by atoms with Gasteiger partial charge in [0.2, 0.25) is 0 Å². The topological polar surface area (TPSA) is 26.3 Å². The third kappa shape index (κ3) is 4.65. The number of Topliss-reactive ketones (excluding diaryl/α,β-unsaturated/α-hetero) is 1. The second kappa shape index (κ2) is 5.81. The lowest BCUT2D eigenvalue weighted by molar-refractivity contribution is -0.133. The molecule has 0 saturated heterocycles. The Bertz CT molecular complexity index is 223. The lowest BCUT2D eigenvalue weighted by atomic mass is 9.79. The summed E-state index contributed by atoms with van der Waals surface area (Å²) in [7, 11) is 0. The fourth-order valence-corrected chi connectivity index (χ4v) is 2.16. The maximum Gasteiger partial charge on any atom is 0.162 e. The molecule has 0 amide bonds. The monoisotopic (exact) mass is 226 g/mol. The van der Waals surface area contributed by atoms with Gasteiger partial charge in [0.05, 0.1) is 0 Å². The Morgan fingerprint density at radius 1 is 1.38 bits per heavy atom. The zero-order chi connectivity index (χ0) is 12.2. The van der Waals surface area contributed by atoms with Crippen LogP contribution in [0.2, 0.25) is 0 Å². The van der Waals surface area contributed by atoms with Gasteiger partial charge in [-0.25, -0.2) is 0 Å². The fraction of sp³-hybridized carbons (Fsp3) is 0.929. The van der Waals surface area contributed by atoms with Crippen LogP contribution in [-0.2, 0) is 9.53 Å². The van der Waals surface area contributed by atoms with E-state index in [4.69, 9.17) is 4.74 Å². The summed E-state index contributed by atoms with van der Waals surface area (Å²) in [6.45, 7) is 8.94. The van der Waals surface area contributed by atoms with Crippen molar-refractivity contribution in [1.82, 2.24) is 0 Å². The summed E-state index contributed by atoms with van der Waals surface area (Å²) in [5, 5.41) is 0. The van der Waals surface area contributed by atoms with Crippen LogP contribution in [0.25, 0.3) is 0 Å². The predicted molar refractivity (Wildman–Crippen MR) is 66.5 cm³/mol. The molecule has 0 spiro atoms. The van der Waals surface area contributed by atoms with Gasteiger partial charge in [-0.2, -0.15) is 0 Å². The highest BCUT2D eigenvalue weighted by atomic mass is 16.5. The first-order chi connectivity index (χ1) is 7.42. The van der Waals surface area contributed by atoms with Gasteiger partial charge in [-0.1, -0.05) is 40.0 Å². The molecule has 0 aliphatic heterocycles. The van der Waals surface area contributed by atoms with Crippen LogP contribution < -0.4 is 0 Å². The SMILES string of the molecule is CCOC(CC1CCC1)C(=O)CC(C)(C)C. The Morgan fingerprint density at radius 2 is 2.00 bits per heavy atom. The Kier molecular flexibility index (Phi) is 4.97. The molecule has 1 saturated carbocycles. The van der Waals surface area contributed by atoms with E-state index in [-0.39, 0.29) is 11.5 Å². The third-order valence-electron chi connectivity index (χ3n) is 3.20. The first-order valence-electron chi connectivity index (χ1n) is 6.56. The molecule has 1 atom stereocenters. The van der Waals surface area contributed by atoms with Crippen molar-refractivity contribution in [2.45, 2.75) is 65.9 Å². The Labute approximate surface area is 99.8 Å². The normalized spacial score (nSPS) is 19.2. The fourth-order valence-electron chi connectivity index (χ4n) is 2.16. The number of carbonyl (C=O) groups excluding carboxylic acids is 1. The zero-order valence-corrected chi connectivity index (χ0v) is 11.2. The summed E-state index contributed by atoms with van der Waals surface area (Å²) in [5.41, 5.74) is 0.0754. The summed E-state index contributed by atoms with van der Waals surface area (Å²) < 4.78 is 5.61. The molecule has 1 rings (SSSR count). The zero-order valence-electron chi connectivity index (χ0n) is 11.2. The van der Waals surface area contributed by atoms with E-state index in [1.165, 1.54) is 19.3 Å². The van der Waals surface area contributed by atoms with Crippen LogP contribution in [0.3, 0.4) is 0 Å². The van der Waals surface area contributed by atoms with Crippen molar-refractivity contribution in [3.63, 3.8) is 0 Å². The van der Waals surface area contributed by atoms with Crippen molar-refractivity contribution in [2.24, 2.45) is 11.3 Å². The number of hydrogen-bond acceptors (Lipinski definition) is 2. The number of ketones is 1. The van der Waals surface area contributed by atoms with E-state index in [2.05, 4.69) is 20.8 Å². The number of ether oxygens (including phenoxy) is 1. The maximum absolute atomic E-state index is 12.1. The summed E-state index contributed by atoms with van der Waals surface area (Å²) in [4.78, 5) is 12.1.